The van der Waals surface area contributed by atoms with E-state index < -0.39 is 5.41 Å². The zero-order chi connectivity index (χ0) is 25.4. The Morgan fingerprint density at radius 3 is 2.00 bits per heavy atom. The second-order valence-electron chi connectivity index (χ2n) is 12.6. The Balaban J connectivity index is 1.81. The molecule has 0 aliphatic heterocycles. The molecular weight excluding hydrogens is 424 g/mol. The van der Waals surface area contributed by atoms with Gasteiger partial charge in [-0.1, -0.05) is 17.7 Å². The van der Waals surface area contributed by atoms with Crippen molar-refractivity contribution < 1.29 is 19.1 Å². The van der Waals surface area contributed by atoms with Crippen molar-refractivity contribution in [3.8, 4) is 0 Å². The number of carbonyl (C=O) groups is 2. The van der Waals surface area contributed by atoms with Crippen molar-refractivity contribution in [2.75, 3.05) is 0 Å². The van der Waals surface area contributed by atoms with Crippen LogP contribution in [0.4, 0.5) is 0 Å². The summed E-state index contributed by atoms with van der Waals surface area (Å²) in [5.41, 5.74) is 4.12. The van der Waals surface area contributed by atoms with Crippen molar-refractivity contribution in [1.29, 1.82) is 0 Å². The van der Waals surface area contributed by atoms with Gasteiger partial charge in [-0.25, -0.2) is 0 Å². The first-order chi connectivity index (χ1) is 15.7. The molecule has 1 atom stereocenters. The summed E-state index contributed by atoms with van der Waals surface area (Å²) in [6.07, 6.45) is 5.94. The molecule has 34 heavy (non-hydrogen) atoms. The van der Waals surface area contributed by atoms with Gasteiger partial charge in [0.15, 0.2) is 5.78 Å². The number of hydrogen-bond acceptors (Lipinski definition) is 4. The lowest BCUT2D eigenvalue weighted by molar-refractivity contribution is -0.148. The number of Topliss-reactive ketones (excluding diaryl/α,β-unsaturated/α-hetero) is 1. The number of allylic oxidation sites excluding steroid dienone is 2. The lowest BCUT2D eigenvalue weighted by Gasteiger charge is -2.34. The predicted molar refractivity (Wildman–Crippen MR) is 137 cm³/mol. The summed E-state index contributed by atoms with van der Waals surface area (Å²) in [4.78, 5) is 26.6. The second kappa shape index (κ2) is 9.97. The minimum absolute atomic E-state index is 0.118. The second-order valence-corrected chi connectivity index (χ2v) is 12.6. The Bertz CT molecular complexity index is 939. The van der Waals surface area contributed by atoms with Gasteiger partial charge in [-0.3, -0.25) is 9.59 Å². The molecule has 188 valence electrons. The number of hydrogen-bond donors (Lipinski definition) is 0. The topological polar surface area (TPSA) is 52.6 Å². The third-order valence-corrected chi connectivity index (χ3v) is 7.01. The number of benzene rings is 1. The molecule has 2 aliphatic rings. The van der Waals surface area contributed by atoms with Crippen LogP contribution in [0.25, 0.3) is 5.57 Å². The maximum absolute atomic E-state index is 13.8. The van der Waals surface area contributed by atoms with Crippen LogP contribution in [0.3, 0.4) is 0 Å². The number of ketones is 1. The number of ether oxygens (including phenoxy) is 2. The molecule has 1 aromatic carbocycles. The molecule has 1 aromatic rings. The van der Waals surface area contributed by atoms with Crippen molar-refractivity contribution in [3.63, 3.8) is 0 Å². The van der Waals surface area contributed by atoms with Crippen LogP contribution in [-0.4, -0.2) is 23.5 Å². The minimum Gasteiger partial charge on any atom is -0.430 e. The van der Waals surface area contributed by atoms with Gasteiger partial charge in [0.2, 0.25) is 0 Å². The van der Waals surface area contributed by atoms with E-state index in [0.29, 0.717) is 29.8 Å². The van der Waals surface area contributed by atoms with Gasteiger partial charge in [-0.2, -0.15) is 0 Å². The van der Waals surface area contributed by atoms with E-state index >= 15 is 0 Å². The highest BCUT2D eigenvalue weighted by Gasteiger charge is 2.40. The summed E-state index contributed by atoms with van der Waals surface area (Å²) < 4.78 is 12.1. The molecule has 1 saturated carbocycles. The van der Waals surface area contributed by atoms with Crippen LogP contribution in [0, 0.1) is 38.0 Å². The molecule has 0 amide bonds. The van der Waals surface area contributed by atoms with Crippen molar-refractivity contribution in [3.05, 3.63) is 40.1 Å². The fourth-order valence-corrected chi connectivity index (χ4v) is 5.53. The SMILES string of the molecule is Cc1cc(C)c(C2=C(OC(=O)C(C)(C)C)CC(CC3CCC(OC(C)(C)C)CC3)C2=O)c(C)c1. The third-order valence-electron chi connectivity index (χ3n) is 7.01. The highest BCUT2D eigenvalue weighted by atomic mass is 16.5. The van der Waals surface area contributed by atoms with Crippen molar-refractivity contribution in [2.24, 2.45) is 17.3 Å². The zero-order valence-corrected chi connectivity index (χ0v) is 22.8. The Kier molecular flexibility index (Phi) is 7.82. The molecule has 0 heterocycles. The molecule has 3 rings (SSSR count). The first-order valence-electron chi connectivity index (χ1n) is 12.9. The average molecular weight is 469 g/mol. The number of aryl methyl sites for hydroxylation is 3. The summed E-state index contributed by atoms with van der Waals surface area (Å²) in [6.45, 7) is 18.0. The van der Waals surface area contributed by atoms with E-state index in [-0.39, 0.29) is 23.3 Å². The van der Waals surface area contributed by atoms with E-state index in [4.69, 9.17) is 9.47 Å². The van der Waals surface area contributed by atoms with E-state index in [1.54, 1.807) is 0 Å². The summed E-state index contributed by atoms with van der Waals surface area (Å²) in [6, 6.07) is 4.21. The van der Waals surface area contributed by atoms with Crippen molar-refractivity contribution in [2.45, 2.75) is 113 Å². The standard InChI is InChI=1S/C30H44O4/c1-18-14-19(2)25(20(3)15-18)26-24(33-28(32)29(4,5)6)17-22(27(26)31)16-21-10-12-23(13-11-21)34-30(7,8)9/h14-15,21-23H,10-13,16-17H2,1-9H3. The molecule has 2 aliphatic carbocycles. The monoisotopic (exact) mass is 468 g/mol. The van der Waals surface area contributed by atoms with Crippen molar-refractivity contribution >= 4 is 17.3 Å². The Labute approximate surface area is 206 Å². The molecule has 0 bridgehead atoms. The van der Waals surface area contributed by atoms with Crippen LogP contribution >= 0.6 is 0 Å². The molecule has 0 saturated heterocycles. The lowest BCUT2D eigenvalue weighted by Crippen LogP contribution is -2.31. The number of esters is 1. The highest BCUT2D eigenvalue weighted by Crippen LogP contribution is 2.43. The first kappa shape index (κ1) is 26.7. The zero-order valence-electron chi connectivity index (χ0n) is 22.8. The normalized spacial score (nSPS) is 24.0. The quantitative estimate of drug-likeness (QED) is 0.427. The molecule has 1 unspecified atom stereocenters. The largest absolute Gasteiger partial charge is 0.430 e. The van der Waals surface area contributed by atoms with Gasteiger partial charge in [-0.05, 0) is 117 Å². The van der Waals surface area contributed by atoms with Crippen LogP contribution in [0.15, 0.2) is 17.9 Å². The Morgan fingerprint density at radius 2 is 1.50 bits per heavy atom. The van der Waals surface area contributed by atoms with Gasteiger partial charge in [0.25, 0.3) is 0 Å². The van der Waals surface area contributed by atoms with Crippen LogP contribution < -0.4 is 0 Å². The first-order valence-corrected chi connectivity index (χ1v) is 12.9. The van der Waals surface area contributed by atoms with Gasteiger partial charge < -0.3 is 9.47 Å². The van der Waals surface area contributed by atoms with Gasteiger partial charge >= 0.3 is 5.97 Å². The maximum Gasteiger partial charge on any atom is 0.316 e. The highest BCUT2D eigenvalue weighted by molar-refractivity contribution is 6.25. The summed E-state index contributed by atoms with van der Waals surface area (Å²) in [7, 11) is 0. The number of rotatable bonds is 5. The van der Waals surface area contributed by atoms with Gasteiger partial charge in [-0.15, -0.1) is 0 Å². The summed E-state index contributed by atoms with van der Waals surface area (Å²) in [5, 5.41) is 0. The molecule has 4 nitrogen and oxygen atoms in total. The van der Waals surface area contributed by atoms with E-state index in [9.17, 15) is 9.59 Å². The fraction of sp³-hybridized carbons (Fsp3) is 0.667. The molecule has 0 radical (unpaired) electrons. The molecule has 1 fully saturated rings. The van der Waals surface area contributed by atoms with E-state index in [2.05, 4.69) is 39.8 Å². The fourth-order valence-electron chi connectivity index (χ4n) is 5.53. The van der Waals surface area contributed by atoms with E-state index in [1.807, 2.05) is 34.6 Å². The smallest absolute Gasteiger partial charge is 0.316 e. The van der Waals surface area contributed by atoms with Gasteiger partial charge in [0.05, 0.1) is 22.7 Å². The van der Waals surface area contributed by atoms with Crippen LogP contribution in [0.1, 0.15) is 102 Å². The van der Waals surface area contributed by atoms with E-state index in [1.165, 1.54) is 5.56 Å². The van der Waals surface area contributed by atoms with Crippen LogP contribution in [-0.2, 0) is 19.1 Å². The molecule has 4 heteroatoms. The molecular formula is C30H44O4. The molecule has 0 spiro atoms. The summed E-state index contributed by atoms with van der Waals surface area (Å²) in [5.74, 6) is 0.807. The molecule has 0 aromatic heterocycles. The van der Waals surface area contributed by atoms with Crippen molar-refractivity contribution in [1.82, 2.24) is 0 Å². The van der Waals surface area contributed by atoms with Crippen LogP contribution in [0.5, 0.6) is 0 Å². The Morgan fingerprint density at radius 1 is 0.941 bits per heavy atom. The van der Waals surface area contributed by atoms with Crippen LogP contribution in [0.2, 0.25) is 0 Å². The average Bonchev–Trinajstić information content (AvgIpc) is 2.96. The molecule has 0 N–H and O–H groups in total. The van der Waals surface area contributed by atoms with E-state index in [0.717, 1.165) is 48.8 Å². The Hall–Kier alpha value is -1.94. The van der Waals surface area contributed by atoms with Gasteiger partial charge in [0, 0.05) is 12.3 Å². The van der Waals surface area contributed by atoms with Gasteiger partial charge in [0.1, 0.15) is 5.76 Å². The maximum atomic E-state index is 13.8. The third kappa shape index (κ3) is 6.38. The predicted octanol–water partition coefficient (Wildman–Crippen LogP) is 7.27. The lowest BCUT2D eigenvalue weighted by atomic mass is 9.80. The summed E-state index contributed by atoms with van der Waals surface area (Å²) >= 11 is 0. The number of carbonyl (C=O) groups excluding carboxylic acids is 2. The minimum atomic E-state index is -0.623.